The molecule has 0 saturated carbocycles. The van der Waals surface area contributed by atoms with Crippen molar-refractivity contribution in [2.45, 2.75) is 20.5 Å². The fraction of sp³-hybridized carbons (Fsp3) is 0.120. The Balaban J connectivity index is 1.52. The van der Waals surface area contributed by atoms with Crippen molar-refractivity contribution in [3.8, 4) is 5.75 Å². The number of hydrogen-bond donors (Lipinski definition) is 1. The molecule has 0 aromatic heterocycles. The molecule has 9 heteroatoms. The molecule has 1 aliphatic heterocycles. The van der Waals surface area contributed by atoms with Gasteiger partial charge in [-0.25, -0.2) is 4.99 Å². The Morgan fingerprint density at radius 1 is 1.15 bits per heavy atom. The van der Waals surface area contributed by atoms with E-state index in [-0.39, 0.29) is 5.91 Å². The summed E-state index contributed by atoms with van der Waals surface area (Å²) >= 11 is 17.0. The van der Waals surface area contributed by atoms with Gasteiger partial charge in [-0.3, -0.25) is 4.79 Å². The molecule has 1 amide bonds. The van der Waals surface area contributed by atoms with Gasteiger partial charge in [-0.05, 0) is 117 Å². The lowest BCUT2D eigenvalue weighted by molar-refractivity contribution is -0.115. The summed E-state index contributed by atoms with van der Waals surface area (Å²) in [5.41, 5.74) is 4.80. The summed E-state index contributed by atoms with van der Waals surface area (Å²) in [4.78, 5) is 17.8. The first-order valence-electron chi connectivity index (χ1n) is 10.1. The minimum absolute atomic E-state index is 0.167. The number of hydrogen-bond acceptors (Lipinski definition) is 4. The van der Waals surface area contributed by atoms with Crippen molar-refractivity contribution in [3.05, 3.63) is 93.2 Å². The van der Waals surface area contributed by atoms with Gasteiger partial charge in [0.1, 0.15) is 12.4 Å². The standard InChI is InChI=1S/C25H18Br2ClIN2O2S/c1-13-7-17(8-14(2)22(13)27)30-25-31-24(32)21(34-25)11-15-9-18(26)23(20(29)10-15)33-12-16-5-3-4-6-19(16)28/h3-11H,12H2,1-2H3,(H,30,31,32)/b21-11-. The van der Waals surface area contributed by atoms with Crippen LogP contribution in [-0.4, -0.2) is 11.1 Å². The van der Waals surface area contributed by atoms with E-state index in [1.807, 2.05) is 68.5 Å². The second-order valence-electron chi connectivity index (χ2n) is 7.57. The third-order valence-corrected chi connectivity index (χ3v) is 8.87. The lowest BCUT2D eigenvalue weighted by atomic mass is 10.1. The number of carbonyl (C=O) groups excluding carboxylic acids is 1. The first-order chi connectivity index (χ1) is 16.2. The maximum Gasteiger partial charge on any atom is 0.264 e. The molecule has 1 fully saturated rings. The number of aliphatic imine (C=N–C) groups is 1. The molecule has 0 atom stereocenters. The van der Waals surface area contributed by atoms with E-state index in [2.05, 4.69) is 64.8 Å². The van der Waals surface area contributed by atoms with Crippen molar-refractivity contribution < 1.29 is 9.53 Å². The number of aryl methyl sites for hydroxylation is 2. The Hall–Kier alpha value is -1.33. The number of amides is 1. The third-order valence-electron chi connectivity index (χ3n) is 4.95. The van der Waals surface area contributed by atoms with Gasteiger partial charge in [-0.15, -0.1) is 0 Å². The second-order valence-corrected chi connectivity index (χ2v) is 11.8. The summed E-state index contributed by atoms with van der Waals surface area (Å²) in [5.74, 6) is 0.564. The van der Waals surface area contributed by atoms with Crippen LogP contribution < -0.4 is 10.1 Å². The average molecular weight is 733 g/mol. The summed E-state index contributed by atoms with van der Waals surface area (Å²) in [6, 6.07) is 15.5. The molecular formula is C25H18Br2ClIN2O2S. The summed E-state index contributed by atoms with van der Waals surface area (Å²) < 4.78 is 8.82. The normalized spacial score (nSPS) is 15.8. The van der Waals surface area contributed by atoms with Gasteiger partial charge in [0.15, 0.2) is 5.17 Å². The maximum absolute atomic E-state index is 12.6. The first-order valence-corrected chi connectivity index (χ1v) is 14.0. The molecular weight excluding hydrogens is 715 g/mol. The number of nitrogens with zero attached hydrogens (tertiary/aromatic N) is 1. The molecule has 3 aromatic carbocycles. The van der Waals surface area contributed by atoms with Crippen LogP contribution in [0.2, 0.25) is 5.02 Å². The van der Waals surface area contributed by atoms with Gasteiger partial charge in [0, 0.05) is 15.1 Å². The van der Waals surface area contributed by atoms with Crippen molar-refractivity contribution in [1.82, 2.24) is 5.32 Å². The minimum Gasteiger partial charge on any atom is -0.487 e. The Morgan fingerprint density at radius 3 is 2.53 bits per heavy atom. The quantitative estimate of drug-likeness (QED) is 0.211. The van der Waals surface area contributed by atoms with Crippen molar-refractivity contribution in [2.24, 2.45) is 4.99 Å². The van der Waals surface area contributed by atoms with E-state index in [0.717, 1.165) is 46.2 Å². The number of thioether (sulfide) groups is 1. The topological polar surface area (TPSA) is 50.7 Å². The van der Waals surface area contributed by atoms with E-state index in [9.17, 15) is 4.79 Å². The Labute approximate surface area is 238 Å². The van der Waals surface area contributed by atoms with Crippen LogP contribution in [-0.2, 0) is 11.4 Å². The molecule has 4 nitrogen and oxygen atoms in total. The van der Waals surface area contributed by atoms with Crippen LogP contribution in [0.25, 0.3) is 6.08 Å². The molecule has 0 aliphatic carbocycles. The number of ether oxygens (including phenoxy) is 1. The fourth-order valence-corrected chi connectivity index (χ4v) is 6.33. The Kier molecular flexibility index (Phi) is 8.45. The zero-order chi connectivity index (χ0) is 24.4. The predicted octanol–water partition coefficient (Wildman–Crippen LogP) is 8.56. The Morgan fingerprint density at radius 2 is 1.85 bits per heavy atom. The minimum atomic E-state index is -0.167. The lowest BCUT2D eigenvalue weighted by Crippen LogP contribution is -2.19. The van der Waals surface area contributed by atoms with E-state index >= 15 is 0 Å². The van der Waals surface area contributed by atoms with Gasteiger partial charge in [0.25, 0.3) is 5.91 Å². The molecule has 0 spiro atoms. The predicted molar refractivity (Wildman–Crippen MR) is 157 cm³/mol. The van der Waals surface area contributed by atoms with Gasteiger partial charge in [0.2, 0.25) is 0 Å². The SMILES string of the molecule is Cc1cc(N=C2NC(=O)/C(=C/c3cc(Br)c(OCc4ccccc4Cl)c(I)c3)S2)cc(C)c1Br. The van der Waals surface area contributed by atoms with E-state index < -0.39 is 0 Å². The molecule has 1 heterocycles. The van der Waals surface area contributed by atoms with Crippen molar-refractivity contribution >= 4 is 101 Å². The van der Waals surface area contributed by atoms with Crippen molar-refractivity contribution in [2.75, 3.05) is 0 Å². The number of benzene rings is 3. The summed E-state index contributed by atoms with van der Waals surface area (Å²) in [6.45, 7) is 4.41. The van der Waals surface area contributed by atoms with Crippen LogP contribution in [0.15, 0.2) is 67.4 Å². The molecule has 1 N–H and O–H groups in total. The van der Waals surface area contributed by atoms with Crippen LogP contribution >= 0.6 is 77.8 Å². The monoisotopic (exact) mass is 730 g/mol. The summed E-state index contributed by atoms with van der Waals surface area (Å²) in [6.07, 6.45) is 1.85. The number of carbonyl (C=O) groups is 1. The van der Waals surface area contributed by atoms with Crippen LogP contribution in [0.3, 0.4) is 0 Å². The second kappa shape index (κ2) is 11.2. The zero-order valence-electron chi connectivity index (χ0n) is 18.1. The number of halogens is 4. The number of amidine groups is 1. The van der Waals surface area contributed by atoms with Crippen LogP contribution in [0, 0.1) is 17.4 Å². The molecule has 1 aliphatic rings. The highest BCUT2D eigenvalue weighted by atomic mass is 127. The molecule has 34 heavy (non-hydrogen) atoms. The van der Waals surface area contributed by atoms with Gasteiger partial charge in [-0.1, -0.05) is 45.7 Å². The van der Waals surface area contributed by atoms with E-state index in [1.165, 1.54) is 11.8 Å². The molecule has 4 rings (SSSR count). The summed E-state index contributed by atoms with van der Waals surface area (Å²) in [5, 5.41) is 4.09. The molecule has 1 saturated heterocycles. The van der Waals surface area contributed by atoms with Crippen molar-refractivity contribution in [3.63, 3.8) is 0 Å². The maximum atomic E-state index is 12.6. The molecule has 3 aromatic rings. The van der Waals surface area contributed by atoms with Crippen molar-refractivity contribution in [1.29, 1.82) is 0 Å². The smallest absolute Gasteiger partial charge is 0.264 e. The fourth-order valence-electron chi connectivity index (χ4n) is 3.30. The van der Waals surface area contributed by atoms with E-state index in [1.54, 1.807) is 0 Å². The molecule has 174 valence electrons. The highest BCUT2D eigenvalue weighted by Crippen LogP contribution is 2.36. The molecule has 0 radical (unpaired) electrons. The molecule has 0 unspecified atom stereocenters. The van der Waals surface area contributed by atoms with E-state index in [0.29, 0.717) is 21.7 Å². The number of rotatable bonds is 5. The lowest BCUT2D eigenvalue weighted by Gasteiger charge is -2.12. The number of nitrogens with one attached hydrogen (secondary N) is 1. The van der Waals surface area contributed by atoms with Crippen LogP contribution in [0.5, 0.6) is 5.75 Å². The first kappa shape index (κ1) is 25.8. The summed E-state index contributed by atoms with van der Waals surface area (Å²) in [7, 11) is 0. The van der Waals surface area contributed by atoms with Gasteiger partial charge < -0.3 is 10.1 Å². The average Bonchev–Trinajstić information content (AvgIpc) is 3.11. The van der Waals surface area contributed by atoms with Gasteiger partial charge in [0.05, 0.1) is 18.6 Å². The van der Waals surface area contributed by atoms with Gasteiger partial charge in [-0.2, -0.15) is 0 Å². The molecule has 0 bridgehead atoms. The third kappa shape index (κ3) is 6.07. The zero-order valence-corrected chi connectivity index (χ0v) is 25.0. The van der Waals surface area contributed by atoms with E-state index in [4.69, 9.17) is 16.3 Å². The van der Waals surface area contributed by atoms with Crippen LogP contribution in [0.1, 0.15) is 22.3 Å². The van der Waals surface area contributed by atoms with Crippen LogP contribution in [0.4, 0.5) is 5.69 Å². The highest BCUT2D eigenvalue weighted by molar-refractivity contribution is 14.1. The highest BCUT2D eigenvalue weighted by Gasteiger charge is 2.24. The Bertz CT molecular complexity index is 1310. The van der Waals surface area contributed by atoms with Gasteiger partial charge >= 0.3 is 0 Å². The largest absolute Gasteiger partial charge is 0.487 e.